The van der Waals surface area contributed by atoms with Gasteiger partial charge < -0.3 is 9.80 Å². The highest BCUT2D eigenvalue weighted by Gasteiger charge is 2.30. The van der Waals surface area contributed by atoms with Gasteiger partial charge in [0.1, 0.15) is 0 Å². The molecule has 0 spiro atoms. The van der Waals surface area contributed by atoms with Crippen LogP contribution >= 0.6 is 11.6 Å². The van der Waals surface area contributed by atoms with Crippen molar-refractivity contribution >= 4 is 17.5 Å². The molecule has 1 aliphatic rings. The lowest BCUT2D eigenvalue weighted by Gasteiger charge is -2.26. The zero-order valence-corrected chi connectivity index (χ0v) is 15.5. The Morgan fingerprint density at radius 3 is 2.80 bits per heavy atom. The van der Waals surface area contributed by atoms with Crippen LogP contribution in [0, 0.1) is 0 Å². The van der Waals surface area contributed by atoms with Crippen LogP contribution in [0.5, 0.6) is 0 Å². The number of rotatable bonds is 5. The van der Waals surface area contributed by atoms with E-state index >= 15 is 0 Å². The Kier molecular flexibility index (Phi) is 5.71. The lowest BCUT2D eigenvalue weighted by molar-refractivity contribution is -0.132. The van der Waals surface area contributed by atoms with Crippen molar-refractivity contribution in [3.05, 3.63) is 64.4 Å². The normalized spacial score (nSPS) is 17.3. The summed E-state index contributed by atoms with van der Waals surface area (Å²) in [6.45, 7) is 1.25. The molecular formula is C20H24ClN3O. The highest BCUT2D eigenvalue weighted by molar-refractivity contribution is 6.31. The van der Waals surface area contributed by atoms with E-state index in [1.165, 1.54) is 0 Å². The van der Waals surface area contributed by atoms with Gasteiger partial charge in [0.05, 0.1) is 18.3 Å². The third-order valence-corrected chi connectivity index (χ3v) is 4.89. The molecule has 4 nitrogen and oxygen atoms in total. The third-order valence-electron chi connectivity index (χ3n) is 4.52. The lowest BCUT2D eigenvalue weighted by atomic mass is 10.1. The number of carbonyl (C=O) groups excluding carboxylic acids is 1. The Labute approximate surface area is 154 Å². The quantitative estimate of drug-likeness (QED) is 0.821. The van der Waals surface area contributed by atoms with Crippen LogP contribution in [-0.2, 0) is 11.2 Å². The Hall–Kier alpha value is -1.91. The van der Waals surface area contributed by atoms with Gasteiger partial charge in [-0.15, -0.1) is 0 Å². The summed E-state index contributed by atoms with van der Waals surface area (Å²) >= 11 is 6.27. The van der Waals surface area contributed by atoms with E-state index < -0.39 is 0 Å². The van der Waals surface area contributed by atoms with Gasteiger partial charge in [-0.3, -0.25) is 9.78 Å². The van der Waals surface area contributed by atoms with Gasteiger partial charge in [-0.1, -0.05) is 35.9 Å². The van der Waals surface area contributed by atoms with Crippen LogP contribution in [-0.4, -0.2) is 47.9 Å². The molecule has 2 heterocycles. The minimum atomic E-state index is 0.0821. The summed E-state index contributed by atoms with van der Waals surface area (Å²) in [6, 6.07) is 14.0. The van der Waals surface area contributed by atoms with Crippen LogP contribution in [0.2, 0.25) is 5.02 Å². The van der Waals surface area contributed by atoms with Crippen molar-refractivity contribution in [1.82, 2.24) is 14.8 Å². The van der Waals surface area contributed by atoms with Crippen LogP contribution in [0.1, 0.15) is 35.8 Å². The zero-order chi connectivity index (χ0) is 17.8. The molecule has 0 aliphatic carbocycles. The van der Waals surface area contributed by atoms with Crippen molar-refractivity contribution in [3.63, 3.8) is 0 Å². The smallest absolute Gasteiger partial charge is 0.237 e. The lowest BCUT2D eigenvalue weighted by Crippen LogP contribution is -2.37. The number of hydrogen-bond acceptors (Lipinski definition) is 3. The number of carbonyl (C=O) groups is 1. The summed E-state index contributed by atoms with van der Waals surface area (Å²) in [5.74, 6) is 0.172. The maximum atomic E-state index is 12.5. The molecule has 1 unspecified atom stereocenters. The molecule has 1 atom stereocenters. The van der Waals surface area contributed by atoms with Crippen molar-refractivity contribution < 1.29 is 4.79 Å². The Bertz CT molecular complexity index is 747. The fourth-order valence-corrected chi connectivity index (χ4v) is 3.56. The van der Waals surface area contributed by atoms with Gasteiger partial charge in [-0.05, 0) is 50.7 Å². The van der Waals surface area contributed by atoms with Crippen LogP contribution in [0.15, 0.2) is 42.5 Å². The minimum Gasteiger partial charge on any atom is -0.333 e. The van der Waals surface area contributed by atoms with E-state index in [0.717, 1.165) is 41.4 Å². The molecule has 3 rings (SSSR count). The van der Waals surface area contributed by atoms with Gasteiger partial charge in [0.2, 0.25) is 5.91 Å². The molecule has 0 bridgehead atoms. The molecule has 0 saturated carbocycles. The molecule has 132 valence electrons. The first kappa shape index (κ1) is 17.9. The summed E-state index contributed by atoms with van der Waals surface area (Å²) in [4.78, 5) is 21.2. The SMILES string of the molecule is CN(C)CC(=O)N1CCCC1c1cccc(Cc2ccccc2Cl)n1. The van der Waals surface area contributed by atoms with Crippen molar-refractivity contribution in [1.29, 1.82) is 0 Å². The number of nitrogens with zero attached hydrogens (tertiary/aromatic N) is 3. The molecule has 25 heavy (non-hydrogen) atoms. The average molecular weight is 358 g/mol. The topological polar surface area (TPSA) is 36.4 Å². The largest absolute Gasteiger partial charge is 0.333 e. The number of likely N-dealkylation sites (tertiary alicyclic amines) is 1. The molecule has 1 aliphatic heterocycles. The van der Waals surface area contributed by atoms with Crippen LogP contribution in [0.25, 0.3) is 0 Å². The van der Waals surface area contributed by atoms with Crippen LogP contribution in [0.3, 0.4) is 0 Å². The standard InChI is InChI=1S/C20H24ClN3O/c1-23(2)14-20(25)24-12-6-11-19(24)18-10-5-8-16(22-18)13-15-7-3-4-9-17(15)21/h3-5,7-10,19H,6,11-14H2,1-2H3. The molecule has 1 aromatic carbocycles. The fraction of sp³-hybridized carbons (Fsp3) is 0.400. The number of benzene rings is 1. The first-order valence-corrected chi connectivity index (χ1v) is 9.06. The maximum Gasteiger partial charge on any atom is 0.237 e. The molecule has 1 aromatic heterocycles. The van der Waals surface area contributed by atoms with Crippen molar-refractivity contribution in [2.75, 3.05) is 27.2 Å². The molecule has 2 aromatic rings. The van der Waals surface area contributed by atoms with Gasteiger partial charge >= 0.3 is 0 Å². The van der Waals surface area contributed by atoms with E-state index in [4.69, 9.17) is 16.6 Å². The Balaban J connectivity index is 1.78. The van der Waals surface area contributed by atoms with Crippen molar-refractivity contribution in [3.8, 4) is 0 Å². The van der Waals surface area contributed by atoms with Crippen LogP contribution in [0.4, 0.5) is 0 Å². The summed E-state index contributed by atoms with van der Waals surface area (Å²) in [5.41, 5.74) is 3.03. The second kappa shape index (κ2) is 7.98. The predicted molar refractivity (Wildman–Crippen MR) is 101 cm³/mol. The number of hydrogen-bond donors (Lipinski definition) is 0. The van der Waals surface area contributed by atoms with E-state index in [9.17, 15) is 4.79 Å². The summed E-state index contributed by atoms with van der Waals surface area (Å²) in [7, 11) is 3.84. The highest BCUT2D eigenvalue weighted by atomic mass is 35.5. The summed E-state index contributed by atoms with van der Waals surface area (Å²) in [5, 5.41) is 0.762. The number of aromatic nitrogens is 1. The highest BCUT2D eigenvalue weighted by Crippen LogP contribution is 2.31. The first-order valence-electron chi connectivity index (χ1n) is 8.68. The van der Waals surface area contributed by atoms with Gasteiger partial charge in [0.25, 0.3) is 0 Å². The molecule has 1 fully saturated rings. The van der Waals surface area contributed by atoms with Crippen LogP contribution < -0.4 is 0 Å². The monoisotopic (exact) mass is 357 g/mol. The van der Waals surface area contributed by atoms with Gasteiger partial charge in [0.15, 0.2) is 0 Å². The Morgan fingerprint density at radius 1 is 1.24 bits per heavy atom. The molecule has 0 N–H and O–H groups in total. The molecule has 1 amide bonds. The van der Waals surface area contributed by atoms with Gasteiger partial charge in [-0.2, -0.15) is 0 Å². The molecule has 1 saturated heterocycles. The fourth-order valence-electron chi connectivity index (χ4n) is 3.35. The van der Waals surface area contributed by atoms with E-state index in [2.05, 4.69) is 0 Å². The zero-order valence-electron chi connectivity index (χ0n) is 14.8. The number of amides is 1. The third kappa shape index (κ3) is 4.39. The van der Waals surface area contributed by atoms with Crippen molar-refractivity contribution in [2.45, 2.75) is 25.3 Å². The Morgan fingerprint density at radius 2 is 2.04 bits per heavy atom. The molecule has 5 heteroatoms. The summed E-state index contributed by atoms with van der Waals surface area (Å²) < 4.78 is 0. The van der Waals surface area contributed by atoms with Gasteiger partial charge in [0, 0.05) is 23.7 Å². The second-order valence-electron chi connectivity index (χ2n) is 6.80. The van der Waals surface area contributed by atoms with Crippen molar-refractivity contribution in [2.24, 2.45) is 0 Å². The number of pyridine rings is 1. The number of halogens is 1. The minimum absolute atomic E-state index is 0.0821. The average Bonchev–Trinajstić information content (AvgIpc) is 3.06. The van der Waals surface area contributed by atoms with E-state index in [0.29, 0.717) is 13.0 Å². The molecular weight excluding hydrogens is 334 g/mol. The maximum absolute atomic E-state index is 12.5. The summed E-state index contributed by atoms with van der Waals surface area (Å²) in [6.07, 6.45) is 2.70. The number of likely N-dealkylation sites (N-methyl/N-ethyl adjacent to an activating group) is 1. The van der Waals surface area contributed by atoms with Gasteiger partial charge in [-0.25, -0.2) is 0 Å². The first-order chi connectivity index (χ1) is 12.0. The van der Waals surface area contributed by atoms with E-state index in [-0.39, 0.29) is 11.9 Å². The van der Waals surface area contributed by atoms with E-state index in [1.807, 2.05) is 66.4 Å². The predicted octanol–water partition coefficient (Wildman–Crippen LogP) is 3.55. The second-order valence-corrected chi connectivity index (χ2v) is 7.21. The molecule has 0 radical (unpaired) electrons. The van der Waals surface area contributed by atoms with E-state index in [1.54, 1.807) is 0 Å².